The first kappa shape index (κ1) is 25.0. The van der Waals surface area contributed by atoms with Gasteiger partial charge in [0, 0.05) is 0 Å². The van der Waals surface area contributed by atoms with Crippen LogP contribution in [0.1, 0.15) is 156 Å². The minimum atomic E-state index is 1.04. The molecule has 0 aliphatic carbocycles. The van der Waals surface area contributed by atoms with Crippen molar-refractivity contribution in [2.24, 2.45) is 5.92 Å². The van der Waals surface area contributed by atoms with Crippen LogP contribution in [0.2, 0.25) is 0 Å². The van der Waals surface area contributed by atoms with Crippen LogP contribution in [0.4, 0.5) is 0 Å². The highest BCUT2D eigenvalue weighted by Crippen LogP contribution is 2.24. The SMILES string of the molecule is CCCCCCCCCCCC(CCCC)CCCCCCCCC. The highest BCUT2D eigenvalue weighted by Gasteiger charge is 2.08. The van der Waals surface area contributed by atoms with Gasteiger partial charge >= 0.3 is 0 Å². The molecule has 0 radical (unpaired) electrons. The second-order valence-electron chi connectivity index (χ2n) is 8.54. The molecule has 0 nitrogen and oxygen atoms in total. The molecule has 152 valence electrons. The highest BCUT2D eigenvalue weighted by atomic mass is 14.1. The molecule has 0 aromatic rings. The molecule has 0 spiro atoms. The van der Waals surface area contributed by atoms with Gasteiger partial charge in [-0.25, -0.2) is 0 Å². The number of hydrogen-bond donors (Lipinski definition) is 0. The van der Waals surface area contributed by atoms with Gasteiger partial charge < -0.3 is 0 Å². The van der Waals surface area contributed by atoms with Crippen LogP contribution in [0, 0.1) is 5.92 Å². The first-order valence-electron chi connectivity index (χ1n) is 12.3. The largest absolute Gasteiger partial charge is 0.0654 e. The van der Waals surface area contributed by atoms with Crippen LogP contribution in [-0.4, -0.2) is 0 Å². The van der Waals surface area contributed by atoms with Crippen LogP contribution < -0.4 is 0 Å². The smallest absolute Gasteiger partial charge is 0.0414 e. The Kier molecular flexibility index (Phi) is 22.0. The zero-order chi connectivity index (χ0) is 18.4. The molecule has 0 N–H and O–H groups in total. The average Bonchev–Trinajstić information content (AvgIpc) is 2.63. The van der Waals surface area contributed by atoms with Gasteiger partial charge in [0.2, 0.25) is 0 Å². The van der Waals surface area contributed by atoms with E-state index in [0.29, 0.717) is 0 Å². The van der Waals surface area contributed by atoms with E-state index in [1.165, 1.54) is 135 Å². The Morgan fingerprint density at radius 1 is 0.320 bits per heavy atom. The van der Waals surface area contributed by atoms with Gasteiger partial charge in [0.25, 0.3) is 0 Å². The molecule has 25 heavy (non-hydrogen) atoms. The van der Waals surface area contributed by atoms with Crippen molar-refractivity contribution in [3.05, 3.63) is 0 Å². The molecule has 0 aromatic heterocycles. The molecule has 0 rings (SSSR count). The van der Waals surface area contributed by atoms with Crippen LogP contribution in [0.5, 0.6) is 0 Å². The molecule has 0 saturated heterocycles. The van der Waals surface area contributed by atoms with Crippen LogP contribution in [-0.2, 0) is 0 Å². The lowest BCUT2D eigenvalue weighted by Gasteiger charge is -2.16. The fraction of sp³-hybridized carbons (Fsp3) is 1.00. The lowest BCUT2D eigenvalue weighted by molar-refractivity contribution is 0.370. The second kappa shape index (κ2) is 22.0. The summed E-state index contributed by atoms with van der Waals surface area (Å²) in [7, 11) is 0. The van der Waals surface area contributed by atoms with E-state index in [2.05, 4.69) is 20.8 Å². The molecular formula is C25H52. The fourth-order valence-corrected chi connectivity index (χ4v) is 4.06. The minimum absolute atomic E-state index is 1.04. The zero-order valence-electron chi connectivity index (χ0n) is 18.4. The van der Waals surface area contributed by atoms with Gasteiger partial charge in [-0.05, 0) is 5.92 Å². The molecule has 0 aliphatic heterocycles. The maximum Gasteiger partial charge on any atom is -0.0414 e. The topological polar surface area (TPSA) is 0 Å². The molecule has 1 atom stereocenters. The third-order valence-electron chi connectivity index (χ3n) is 5.90. The zero-order valence-corrected chi connectivity index (χ0v) is 18.4. The van der Waals surface area contributed by atoms with E-state index >= 15 is 0 Å². The first-order chi connectivity index (χ1) is 12.3. The van der Waals surface area contributed by atoms with Crippen molar-refractivity contribution < 1.29 is 0 Å². The molecule has 0 bridgehead atoms. The minimum Gasteiger partial charge on any atom is -0.0654 e. The van der Waals surface area contributed by atoms with E-state index in [-0.39, 0.29) is 0 Å². The van der Waals surface area contributed by atoms with Gasteiger partial charge in [0.1, 0.15) is 0 Å². The Hall–Kier alpha value is 0. The predicted octanol–water partition coefficient (Wildman–Crippen LogP) is 9.85. The lowest BCUT2D eigenvalue weighted by atomic mass is 9.90. The summed E-state index contributed by atoms with van der Waals surface area (Å²) in [6, 6.07) is 0. The van der Waals surface area contributed by atoms with Crippen LogP contribution in [0.3, 0.4) is 0 Å². The summed E-state index contributed by atoms with van der Waals surface area (Å²) in [6.07, 6.45) is 30.8. The van der Waals surface area contributed by atoms with E-state index < -0.39 is 0 Å². The Bertz CT molecular complexity index is 220. The summed E-state index contributed by atoms with van der Waals surface area (Å²) in [5.41, 5.74) is 0. The second-order valence-corrected chi connectivity index (χ2v) is 8.54. The van der Waals surface area contributed by atoms with Gasteiger partial charge in [-0.3, -0.25) is 0 Å². The summed E-state index contributed by atoms with van der Waals surface area (Å²) in [6.45, 7) is 6.97. The number of unbranched alkanes of at least 4 members (excludes halogenated alkanes) is 15. The molecule has 0 amide bonds. The molecule has 0 aliphatic rings. The van der Waals surface area contributed by atoms with Crippen LogP contribution >= 0.6 is 0 Å². The van der Waals surface area contributed by atoms with Crippen molar-refractivity contribution in [3.63, 3.8) is 0 Å². The van der Waals surface area contributed by atoms with E-state index in [1.807, 2.05) is 0 Å². The quantitative estimate of drug-likeness (QED) is 0.180. The fourth-order valence-electron chi connectivity index (χ4n) is 4.06. The molecule has 1 unspecified atom stereocenters. The van der Waals surface area contributed by atoms with Gasteiger partial charge in [-0.1, -0.05) is 156 Å². The van der Waals surface area contributed by atoms with E-state index in [4.69, 9.17) is 0 Å². The maximum absolute atomic E-state index is 2.35. The third kappa shape index (κ3) is 20.2. The molecule has 0 heterocycles. The van der Waals surface area contributed by atoms with E-state index in [9.17, 15) is 0 Å². The van der Waals surface area contributed by atoms with Crippen molar-refractivity contribution in [1.82, 2.24) is 0 Å². The highest BCUT2D eigenvalue weighted by molar-refractivity contribution is 4.61. The Morgan fingerprint density at radius 3 is 0.960 bits per heavy atom. The van der Waals surface area contributed by atoms with Crippen LogP contribution in [0.25, 0.3) is 0 Å². The number of hydrogen-bond acceptors (Lipinski definition) is 0. The van der Waals surface area contributed by atoms with Crippen molar-refractivity contribution in [2.45, 2.75) is 156 Å². The summed E-state index contributed by atoms with van der Waals surface area (Å²) in [5.74, 6) is 1.04. The molecular weight excluding hydrogens is 300 g/mol. The number of rotatable bonds is 21. The Morgan fingerprint density at radius 2 is 0.600 bits per heavy atom. The average molecular weight is 353 g/mol. The summed E-state index contributed by atoms with van der Waals surface area (Å²) in [5, 5.41) is 0. The summed E-state index contributed by atoms with van der Waals surface area (Å²) >= 11 is 0. The summed E-state index contributed by atoms with van der Waals surface area (Å²) in [4.78, 5) is 0. The van der Waals surface area contributed by atoms with E-state index in [1.54, 1.807) is 0 Å². The Balaban J connectivity index is 3.53. The van der Waals surface area contributed by atoms with Crippen molar-refractivity contribution in [3.8, 4) is 0 Å². The van der Waals surface area contributed by atoms with Crippen molar-refractivity contribution in [2.75, 3.05) is 0 Å². The summed E-state index contributed by atoms with van der Waals surface area (Å²) < 4.78 is 0. The van der Waals surface area contributed by atoms with Gasteiger partial charge in [0.15, 0.2) is 0 Å². The molecule has 0 aromatic carbocycles. The van der Waals surface area contributed by atoms with E-state index in [0.717, 1.165) is 5.92 Å². The molecule has 0 heteroatoms. The normalized spacial score (nSPS) is 12.6. The molecule has 0 saturated carbocycles. The monoisotopic (exact) mass is 352 g/mol. The molecule has 0 fully saturated rings. The van der Waals surface area contributed by atoms with Crippen molar-refractivity contribution in [1.29, 1.82) is 0 Å². The standard InChI is InChI=1S/C25H52/c1-4-7-10-12-14-15-17-19-21-24-25(22-9-6-3)23-20-18-16-13-11-8-5-2/h25H,4-24H2,1-3H3. The predicted molar refractivity (Wildman–Crippen MR) is 117 cm³/mol. The van der Waals surface area contributed by atoms with Gasteiger partial charge in [-0.15, -0.1) is 0 Å². The maximum atomic E-state index is 2.35. The van der Waals surface area contributed by atoms with Crippen molar-refractivity contribution >= 4 is 0 Å². The van der Waals surface area contributed by atoms with Gasteiger partial charge in [-0.2, -0.15) is 0 Å². The first-order valence-corrected chi connectivity index (χ1v) is 12.3. The van der Waals surface area contributed by atoms with Crippen LogP contribution in [0.15, 0.2) is 0 Å². The third-order valence-corrected chi connectivity index (χ3v) is 5.90. The van der Waals surface area contributed by atoms with Gasteiger partial charge in [0.05, 0.1) is 0 Å². The lowest BCUT2D eigenvalue weighted by Crippen LogP contribution is -2.01. The Labute approximate surface area is 161 Å².